The fourth-order valence-electron chi connectivity index (χ4n) is 1.46. The van der Waals surface area contributed by atoms with E-state index in [1.54, 1.807) is 0 Å². The number of carbonyl (C=O) groups is 1. The van der Waals surface area contributed by atoms with Gasteiger partial charge >= 0.3 is 6.09 Å². The van der Waals surface area contributed by atoms with Crippen LogP contribution in [0.2, 0.25) is 0 Å². The van der Waals surface area contributed by atoms with Crippen LogP contribution in [-0.2, 0) is 11.2 Å². The van der Waals surface area contributed by atoms with E-state index in [1.807, 2.05) is 24.3 Å². The summed E-state index contributed by atoms with van der Waals surface area (Å²) in [6.07, 6.45) is 0.691. The largest absolute Gasteiger partial charge is 0.431 e. The predicted molar refractivity (Wildman–Crippen MR) is 62.4 cm³/mol. The second kappa shape index (κ2) is 5.97. The van der Waals surface area contributed by atoms with Gasteiger partial charge in [-0.05, 0) is 30.9 Å². The lowest BCUT2D eigenvalue weighted by Gasteiger charge is -2.11. The summed E-state index contributed by atoms with van der Waals surface area (Å²) in [7, 11) is 0. The van der Waals surface area contributed by atoms with E-state index in [1.165, 1.54) is 0 Å². The number of hydrogen-bond acceptors (Lipinski definition) is 4. The van der Waals surface area contributed by atoms with Crippen molar-refractivity contribution in [2.75, 3.05) is 5.73 Å². The van der Waals surface area contributed by atoms with Crippen molar-refractivity contribution in [3.8, 4) is 0 Å². The molecular formula is C11H17N3O2. The Morgan fingerprint density at radius 2 is 2.06 bits per heavy atom. The van der Waals surface area contributed by atoms with Gasteiger partial charge < -0.3 is 16.2 Å². The molecule has 1 amide bonds. The van der Waals surface area contributed by atoms with Gasteiger partial charge in [-0.15, -0.1) is 0 Å². The van der Waals surface area contributed by atoms with Crippen LogP contribution in [0.1, 0.15) is 18.4 Å². The molecule has 0 aliphatic carbocycles. The highest BCUT2D eigenvalue weighted by Crippen LogP contribution is 2.14. The van der Waals surface area contributed by atoms with Crippen molar-refractivity contribution in [1.82, 2.24) is 0 Å². The van der Waals surface area contributed by atoms with Crippen molar-refractivity contribution in [3.63, 3.8) is 0 Å². The van der Waals surface area contributed by atoms with Crippen LogP contribution in [0.5, 0.6) is 0 Å². The van der Waals surface area contributed by atoms with E-state index in [0.29, 0.717) is 6.42 Å². The maximum absolute atomic E-state index is 10.4. The number of aryl methyl sites for hydroxylation is 1. The first-order chi connectivity index (χ1) is 7.59. The van der Waals surface area contributed by atoms with Crippen LogP contribution in [0, 0.1) is 0 Å². The van der Waals surface area contributed by atoms with Crippen molar-refractivity contribution in [1.29, 1.82) is 0 Å². The third kappa shape index (κ3) is 4.18. The summed E-state index contributed by atoms with van der Waals surface area (Å²) in [6.45, 7) is 0. The van der Waals surface area contributed by atoms with Gasteiger partial charge in [0.25, 0.3) is 0 Å². The monoisotopic (exact) mass is 223 g/mol. The van der Waals surface area contributed by atoms with Gasteiger partial charge in [-0.25, -0.2) is 4.79 Å². The third-order valence-corrected chi connectivity index (χ3v) is 2.26. The van der Waals surface area contributed by atoms with Crippen LogP contribution < -0.4 is 17.2 Å². The first-order valence-corrected chi connectivity index (χ1v) is 5.14. The summed E-state index contributed by atoms with van der Waals surface area (Å²) in [4.78, 5) is 10.4. The standard InChI is InChI=1S/C11H17N3O2/c12-9-6-2-1-4-8(9)5-3-7-10(13)16-11(14)15/h1-2,4,6,10H,3,5,7,12-13H2,(H2,14,15). The number of rotatable bonds is 5. The molecule has 1 aromatic rings. The fourth-order valence-corrected chi connectivity index (χ4v) is 1.46. The van der Waals surface area contributed by atoms with Crippen molar-refractivity contribution in [3.05, 3.63) is 29.8 Å². The zero-order chi connectivity index (χ0) is 12.0. The molecule has 0 aliphatic rings. The van der Waals surface area contributed by atoms with Gasteiger partial charge in [0.2, 0.25) is 0 Å². The number of primary amides is 1. The molecule has 0 saturated heterocycles. The Hall–Kier alpha value is -1.75. The number of benzene rings is 1. The van der Waals surface area contributed by atoms with Gasteiger partial charge in [-0.3, -0.25) is 5.73 Å². The normalized spacial score (nSPS) is 12.1. The highest BCUT2D eigenvalue weighted by molar-refractivity contribution is 5.64. The number of nitrogen functional groups attached to an aromatic ring is 1. The highest BCUT2D eigenvalue weighted by atomic mass is 16.6. The van der Waals surface area contributed by atoms with Crippen LogP contribution in [0.15, 0.2) is 24.3 Å². The maximum Gasteiger partial charge on any atom is 0.406 e. The Balaban J connectivity index is 2.30. The molecule has 16 heavy (non-hydrogen) atoms. The molecule has 88 valence electrons. The Morgan fingerprint density at radius 1 is 1.38 bits per heavy atom. The quantitative estimate of drug-likeness (QED) is 0.511. The molecule has 0 heterocycles. The van der Waals surface area contributed by atoms with Gasteiger partial charge in [0, 0.05) is 5.69 Å². The molecule has 1 unspecified atom stereocenters. The SMILES string of the molecule is NC(=O)OC(N)CCCc1ccccc1N. The zero-order valence-corrected chi connectivity index (χ0v) is 9.06. The second-order valence-corrected chi connectivity index (χ2v) is 3.57. The summed E-state index contributed by atoms with van der Waals surface area (Å²) in [5.74, 6) is 0. The number of hydrogen-bond donors (Lipinski definition) is 3. The van der Waals surface area contributed by atoms with Gasteiger partial charge in [-0.1, -0.05) is 18.2 Å². The van der Waals surface area contributed by atoms with Gasteiger partial charge in [0.15, 0.2) is 6.23 Å². The maximum atomic E-state index is 10.4. The van der Waals surface area contributed by atoms with Crippen molar-refractivity contribution in [2.45, 2.75) is 25.5 Å². The molecule has 0 saturated carbocycles. The van der Waals surface area contributed by atoms with E-state index >= 15 is 0 Å². The van der Waals surface area contributed by atoms with Crippen molar-refractivity contribution >= 4 is 11.8 Å². The minimum absolute atomic E-state index is 0.567. The van der Waals surface area contributed by atoms with Gasteiger partial charge in [0.1, 0.15) is 0 Å². The summed E-state index contributed by atoms with van der Waals surface area (Å²) in [5, 5.41) is 0. The van der Waals surface area contributed by atoms with Crippen LogP contribution in [-0.4, -0.2) is 12.3 Å². The molecule has 1 aromatic carbocycles. The number of carbonyl (C=O) groups excluding carboxylic acids is 1. The topological polar surface area (TPSA) is 104 Å². The molecule has 1 rings (SSSR count). The minimum atomic E-state index is -0.841. The number of amides is 1. The van der Waals surface area contributed by atoms with E-state index in [2.05, 4.69) is 4.74 Å². The molecule has 0 radical (unpaired) electrons. The smallest absolute Gasteiger partial charge is 0.406 e. The van der Waals surface area contributed by atoms with Gasteiger partial charge in [0.05, 0.1) is 0 Å². The summed E-state index contributed by atoms with van der Waals surface area (Å²) in [5.41, 5.74) is 18.0. The molecule has 6 N–H and O–H groups in total. The van der Waals surface area contributed by atoms with Gasteiger partial charge in [-0.2, -0.15) is 0 Å². The second-order valence-electron chi connectivity index (χ2n) is 3.57. The average molecular weight is 223 g/mol. The van der Waals surface area contributed by atoms with Crippen molar-refractivity contribution in [2.24, 2.45) is 11.5 Å². The lowest BCUT2D eigenvalue weighted by Crippen LogP contribution is -2.30. The number of para-hydroxylation sites is 1. The third-order valence-electron chi connectivity index (χ3n) is 2.26. The molecule has 5 heteroatoms. The van der Waals surface area contributed by atoms with E-state index in [-0.39, 0.29) is 0 Å². The summed E-state index contributed by atoms with van der Waals surface area (Å²) in [6, 6.07) is 7.65. The average Bonchev–Trinajstić information content (AvgIpc) is 2.19. The van der Waals surface area contributed by atoms with Crippen LogP contribution >= 0.6 is 0 Å². The Bertz CT molecular complexity index is 355. The Kier molecular flexibility index (Phi) is 4.60. The highest BCUT2D eigenvalue weighted by Gasteiger charge is 2.06. The molecular weight excluding hydrogens is 206 g/mol. The molecule has 0 fully saturated rings. The van der Waals surface area contributed by atoms with Crippen LogP contribution in [0.4, 0.5) is 10.5 Å². The zero-order valence-electron chi connectivity index (χ0n) is 9.06. The fraction of sp³-hybridized carbons (Fsp3) is 0.364. The molecule has 0 aliphatic heterocycles. The Labute approximate surface area is 94.6 Å². The van der Waals surface area contributed by atoms with E-state index in [0.717, 1.165) is 24.1 Å². The first kappa shape index (κ1) is 12.3. The van der Waals surface area contributed by atoms with Crippen molar-refractivity contribution < 1.29 is 9.53 Å². The van der Waals surface area contributed by atoms with E-state index in [9.17, 15) is 4.79 Å². The van der Waals surface area contributed by atoms with E-state index < -0.39 is 12.3 Å². The molecule has 0 bridgehead atoms. The van der Waals surface area contributed by atoms with Crippen LogP contribution in [0.3, 0.4) is 0 Å². The molecule has 0 spiro atoms. The van der Waals surface area contributed by atoms with E-state index in [4.69, 9.17) is 17.2 Å². The summed E-state index contributed by atoms with van der Waals surface area (Å²) < 4.78 is 4.60. The number of anilines is 1. The van der Waals surface area contributed by atoms with Crippen LogP contribution in [0.25, 0.3) is 0 Å². The summed E-state index contributed by atoms with van der Waals surface area (Å²) >= 11 is 0. The number of nitrogens with two attached hydrogens (primary N) is 3. The predicted octanol–water partition coefficient (Wildman–Crippen LogP) is 0.972. The lowest BCUT2D eigenvalue weighted by molar-refractivity contribution is 0.104. The minimum Gasteiger partial charge on any atom is -0.431 e. The molecule has 5 nitrogen and oxygen atoms in total. The molecule has 0 aromatic heterocycles. The molecule has 1 atom stereocenters. The Morgan fingerprint density at radius 3 is 2.69 bits per heavy atom. The first-order valence-electron chi connectivity index (χ1n) is 5.14. The number of ether oxygens (including phenoxy) is 1. The lowest BCUT2D eigenvalue weighted by atomic mass is 10.1.